The van der Waals surface area contributed by atoms with Gasteiger partial charge in [-0.05, 0) is 0 Å². The van der Waals surface area contributed by atoms with Crippen LogP contribution in [0.5, 0.6) is 0 Å². The molecular weight excluding hydrogens is 240 g/mol. The number of nitrogens with zero attached hydrogens (tertiary/aromatic N) is 2. The van der Waals surface area contributed by atoms with Crippen LogP contribution >= 0.6 is 11.8 Å². The number of carbonyl (C=O) groups is 1. The van der Waals surface area contributed by atoms with Gasteiger partial charge in [0, 0.05) is 11.9 Å². The van der Waals surface area contributed by atoms with Crippen LogP contribution in [0.15, 0.2) is 4.52 Å². The molecule has 0 fully saturated rings. The lowest BCUT2D eigenvalue weighted by Gasteiger charge is -2.15. The summed E-state index contributed by atoms with van der Waals surface area (Å²) in [5.41, 5.74) is 0. The van der Waals surface area contributed by atoms with Crippen molar-refractivity contribution in [2.45, 2.75) is 37.7 Å². The molecule has 0 saturated heterocycles. The van der Waals surface area contributed by atoms with Crippen molar-refractivity contribution in [2.75, 3.05) is 13.7 Å². The molecule has 0 radical (unpaired) electrons. The molecule has 0 aromatic carbocycles. The Bertz CT molecular complexity index is 371. The standard InChI is InChI=1S/C11H18N2O3S/c1-11(2,3)17-7-9-12-10(16-13-9)5-8(14)6-15-4/h5-7H2,1-4H3. The van der Waals surface area contributed by atoms with E-state index < -0.39 is 0 Å². The van der Waals surface area contributed by atoms with Crippen molar-refractivity contribution in [3.05, 3.63) is 11.7 Å². The Morgan fingerprint density at radius 2 is 2.18 bits per heavy atom. The van der Waals surface area contributed by atoms with Crippen LogP contribution in [0.4, 0.5) is 0 Å². The molecule has 0 bridgehead atoms. The van der Waals surface area contributed by atoms with E-state index in [2.05, 4.69) is 30.9 Å². The normalized spacial score (nSPS) is 11.8. The Kier molecular flexibility index (Phi) is 5.14. The zero-order valence-corrected chi connectivity index (χ0v) is 11.5. The van der Waals surface area contributed by atoms with Crippen molar-refractivity contribution < 1.29 is 14.1 Å². The Labute approximate surface area is 105 Å². The third-order valence-electron chi connectivity index (χ3n) is 1.80. The average Bonchev–Trinajstić information content (AvgIpc) is 2.62. The van der Waals surface area contributed by atoms with Gasteiger partial charge >= 0.3 is 0 Å². The van der Waals surface area contributed by atoms with Crippen LogP contribution in [0.3, 0.4) is 0 Å². The molecule has 0 amide bonds. The maximum absolute atomic E-state index is 11.3. The first-order valence-corrected chi connectivity index (χ1v) is 6.35. The minimum Gasteiger partial charge on any atom is -0.377 e. The number of Topliss-reactive ketones (excluding diaryl/α,β-unsaturated/α-hetero) is 1. The number of hydrogen-bond acceptors (Lipinski definition) is 6. The predicted molar refractivity (Wildman–Crippen MR) is 65.9 cm³/mol. The number of carbonyl (C=O) groups excluding carboxylic acids is 1. The summed E-state index contributed by atoms with van der Waals surface area (Å²) in [7, 11) is 1.48. The van der Waals surface area contributed by atoms with E-state index in [0.717, 1.165) is 0 Å². The fraction of sp³-hybridized carbons (Fsp3) is 0.727. The van der Waals surface area contributed by atoms with Gasteiger partial charge in [0.15, 0.2) is 11.6 Å². The number of methoxy groups -OCH3 is 1. The Balaban J connectivity index is 2.45. The third kappa shape index (κ3) is 5.83. The van der Waals surface area contributed by atoms with Gasteiger partial charge in [-0.3, -0.25) is 4.79 Å². The van der Waals surface area contributed by atoms with Crippen LogP contribution in [0.2, 0.25) is 0 Å². The maximum Gasteiger partial charge on any atom is 0.234 e. The minimum atomic E-state index is -0.0637. The summed E-state index contributed by atoms with van der Waals surface area (Å²) >= 11 is 1.73. The van der Waals surface area contributed by atoms with E-state index in [1.165, 1.54) is 7.11 Å². The van der Waals surface area contributed by atoms with Gasteiger partial charge in [0.1, 0.15) is 6.61 Å². The summed E-state index contributed by atoms with van der Waals surface area (Å²) in [6.45, 7) is 6.46. The molecule has 96 valence electrons. The second-order valence-electron chi connectivity index (χ2n) is 4.65. The summed E-state index contributed by atoms with van der Waals surface area (Å²) < 4.78 is 9.89. The highest BCUT2D eigenvalue weighted by molar-refractivity contribution is 7.99. The zero-order valence-electron chi connectivity index (χ0n) is 10.6. The van der Waals surface area contributed by atoms with Crippen LogP contribution in [-0.2, 0) is 21.7 Å². The molecule has 0 aliphatic rings. The molecule has 0 N–H and O–H groups in total. The zero-order chi connectivity index (χ0) is 12.9. The number of rotatable bonds is 6. The molecule has 1 aromatic rings. The van der Waals surface area contributed by atoms with E-state index in [9.17, 15) is 4.79 Å². The summed E-state index contributed by atoms with van der Waals surface area (Å²) in [6.07, 6.45) is 0.140. The minimum absolute atomic E-state index is 0.0637. The van der Waals surface area contributed by atoms with Crippen LogP contribution in [0.1, 0.15) is 32.5 Å². The lowest BCUT2D eigenvalue weighted by Crippen LogP contribution is -2.10. The number of ketones is 1. The molecule has 6 heteroatoms. The summed E-state index contributed by atoms with van der Waals surface area (Å²) in [5.74, 6) is 1.61. The monoisotopic (exact) mass is 258 g/mol. The van der Waals surface area contributed by atoms with E-state index in [1.807, 2.05) is 0 Å². The molecule has 1 heterocycles. The van der Waals surface area contributed by atoms with Crippen molar-refractivity contribution in [1.82, 2.24) is 10.1 Å². The predicted octanol–water partition coefficient (Wildman–Crippen LogP) is 1.86. The van der Waals surface area contributed by atoms with Crippen LogP contribution < -0.4 is 0 Å². The Morgan fingerprint density at radius 3 is 2.76 bits per heavy atom. The van der Waals surface area contributed by atoms with Gasteiger partial charge in [-0.2, -0.15) is 4.98 Å². The number of aromatic nitrogens is 2. The molecule has 0 spiro atoms. The van der Waals surface area contributed by atoms with Gasteiger partial charge < -0.3 is 9.26 Å². The van der Waals surface area contributed by atoms with Gasteiger partial charge in [-0.15, -0.1) is 11.8 Å². The highest BCUT2D eigenvalue weighted by Gasteiger charge is 2.15. The van der Waals surface area contributed by atoms with Crippen molar-refractivity contribution in [3.8, 4) is 0 Å². The van der Waals surface area contributed by atoms with Crippen molar-refractivity contribution in [3.63, 3.8) is 0 Å². The first kappa shape index (κ1) is 14.2. The van der Waals surface area contributed by atoms with E-state index in [0.29, 0.717) is 17.5 Å². The first-order valence-electron chi connectivity index (χ1n) is 5.37. The lowest BCUT2D eigenvalue weighted by molar-refractivity contribution is -0.122. The number of ether oxygens (including phenoxy) is 1. The topological polar surface area (TPSA) is 65.2 Å². The summed E-state index contributed by atoms with van der Waals surface area (Å²) in [5, 5.41) is 3.83. The molecule has 0 saturated carbocycles. The molecular formula is C11H18N2O3S. The highest BCUT2D eigenvalue weighted by atomic mass is 32.2. The van der Waals surface area contributed by atoms with Crippen molar-refractivity contribution in [2.24, 2.45) is 0 Å². The third-order valence-corrected chi connectivity index (χ3v) is 3.07. The summed E-state index contributed by atoms with van der Waals surface area (Å²) in [6, 6.07) is 0. The maximum atomic E-state index is 11.3. The number of thioether (sulfide) groups is 1. The van der Waals surface area contributed by atoms with Crippen LogP contribution in [0.25, 0.3) is 0 Å². The highest BCUT2D eigenvalue weighted by Crippen LogP contribution is 2.25. The van der Waals surface area contributed by atoms with Gasteiger partial charge in [-0.25, -0.2) is 0 Å². The quantitative estimate of drug-likeness (QED) is 0.776. The number of hydrogen-bond donors (Lipinski definition) is 0. The fourth-order valence-corrected chi connectivity index (χ4v) is 1.76. The van der Waals surface area contributed by atoms with Gasteiger partial charge in [0.05, 0.1) is 12.2 Å². The molecule has 0 aliphatic carbocycles. The summed E-state index contributed by atoms with van der Waals surface area (Å²) in [4.78, 5) is 15.4. The second-order valence-corrected chi connectivity index (χ2v) is 6.46. The molecule has 5 nitrogen and oxygen atoms in total. The Hall–Kier alpha value is -0.880. The molecule has 0 unspecified atom stereocenters. The molecule has 0 aliphatic heterocycles. The van der Waals surface area contributed by atoms with Crippen LogP contribution in [-0.4, -0.2) is 34.4 Å². The molecule has 1 aromatic heterocycles. The molecule has 17 heavy (non-hydrogen) atoms. The SMILES string of the molecule is COCC(=O)Cc1nc(CSC(C)(C)C)no1. The van der Waals surface area contributed by atoms with E-state index in [-0.39, 0.29) is 23.6 Å². The first-order chi connectivity index (χ1) is 7.90. The van der Waals surface area contributed by atoms with Gasteiger partial charge in [-0.1, -0.05) is 25.9 Å². The fourth-order valence-electron chi connectivity index (χ4n) is 1.08. The van der Waals surface area contributed by atoms with E-state index >= 15 is 0 Å². The van der Waals surface area contributed by atoms with Crippen molar-refractivity contribution >= 4 is 17.5 Å². The Morgan fingerprint density at radius 1 is 1.47 bits per heavy atom. The van der Waals surface area contributed by atoms with E-state index in [4.69, 9.17) is 9.26 Å². The largest absolute Gasteiger partial charge is 0.377 e. The molecule has 1 rings (SSSR count). The van der Waals surface area contributed by atoms with E-state index in [1.54, 1.807) is 11.8 Å². The second kappa shape index (κ2) is 6.16. The lowest BCUT2D eigenvalue weighted by atomic mass is 10.3. The van der Waals surface area contributed by atoms with Gasteiger partial charge in [0.2, 0.25) is 5.89 Å². The van der Waals surface area contributed by atoms with Crippen LogP contribution in [0, 0.1) is 0 Å². The van der Waals surface area contributed by atoms with Crippen molar-refractivity contribution in [1.29, 1.82) is 0 Å². The average molecular weight is 258 g/mol. The molecule has 0 atom stereocenters. The van der Waals surface area contributed by atoms with Gasteiger partial charge in [0.25, 0.3) is 0 Å². The smallest absolute Gasteiger partial charge is 0.234 e.